The molecule has 2 fully saturated rings. The first kappa shape index (κ1) is 15.3. The van der Waals surface area contributed by atoms with Crippen molar-refractivity contribution in [1.29, 1.82) is 0 Å². The van der Waals surface area contributed by atoms with Crippen LogP contribution in [0.1, 0.15) is 58.3 Å². The van der Waals surface area contributed by atoms with E-state index in [-0.39, 0.29) is 11.8 Å². The summed E-state index contributed by atoms with van der Waals surface area (Å²) in [6.45, 7) is 3.00. The average molecular weight is 281 g/mol. The van der Waals surface area contributed by atoms with Gasteiger partial charge >= 0.3 is 5.97 Å². The van der Waals surface area contributed by atoms with Crippen LogP contribution in [0.25, 0.3) is 0 Å². The lowest BCUT2D eigenvalue weighted by atomic mass is 9.78. The highest BCUT2D eigenvalue weighted by atomic mass is 16.4. The molecule has 0 aromatic carbocycles. The Labute approximate surface area is 121 Å². The molecule has 4 unspecified atom stereocenters. The van der Waals surface area contributed by atoms with Gasteiger partial charge < -0.3 is 10.4 Å². The number of amides is 1. The number of carboxylic acids is 1. The number of carbonyl (C=O) groups is 2. The Kier molecular flexibility index (Phi) is 5.44. The van der Waals surface area contributed by atoms with E-state index in [0.717, 1.165) is 31.7 Å². The lowest BCUT2D eigenvalue weighted by Gasteiger charge is -2.30. The molecular formula is C16H27NO3. The molecule has 2 N–H and O–H groups in total. The number of nitrogens with one attached hydrogen (secondary N) is 1. The number of rotatable bonds is 4. The van der Waals surface area contributed by atoms with Crippen molar-refractivity contribution in [2.45, 2.75) is 58.3 Å². The smallest absolute Gasteiger partial charge is 0.307 e. The Balaban J connectivity index is 1.82. The van der Waals surface area contributed by atoms with E-state index in [2.05, 4.69) is 12.2 Å². The summed E-state index contributed by atoms with van der Waals surface area (Å²) < 4.78 is 0. The molecule has 0 heterocycles. The summed E-state index contributed by atoms with van der Waals surface area (Å²) >= 11 is 0. The summed E-state index contributed by atoms with van der Waals surface area (Å²) in [7, 11) is 0. The summed E-state index contributed by atoms with van der Waals surface area (Å²) in [4.78, 5) is 23.5. The molecular weight excluding hydrogens is 254 g/mol. The summed E-state index contributed by atoms with van der Waals surface area (Å²) in [5.41, 5.74) is 0. The fourth-order valence-electron chi connectivity index (χ4n) is 3.86. The van der Waals surface area contributed by atoms with Crippen molar-refractivity contribution in [1.82, 2.24) is 5.32 Å². The molecule has 2 aliphatic carbocycles. The van der Waals surface area contributed by atoms with Gasteiger partial charge in [-0.3, -0.25) is 9.59 Å². The maximum Gasteiger partial charge on any atom is 0.307 e. The zero-order chi connectivity index (χ0) is 14.5. The van der Waals surface area contributed by atoms with Gasteiger partial charge in [-0.1, -0.05) is 32.6 Å². The molecule has 4 heteroatoms. The van der Waals surface area contributed by atoms with E-state index in [4.69, 9.17) is 0 Å². The zero-order valence-corrected chi connectivity index (χ0v) is 12.4. The second-order valence-electron chi connectivity index (χ2n) is 6.72. The van der Waals surface area contributed by atoms with E-state index in [1.807, 2.05) is 0 Å². The number of hydrogen-bond donors (Lipinski definition) is 2. The molecule has 0 saturated heterocycles. The minimum atomic E-state index is -0.809. The lowest BCUT2D eigenvalue weighted by Crippen LogP contribution is -2.41. The molecule has 0 aliphatic heterocycles. The Bertz CT molecular complexity index is 356. The first-order chi connectivity index (χ1) is 9.58. The molecule has 2 aliphatic rings. The Hall–Kier alpha value is -1.06. The van der Waals surface area contributed by atoms with Crippen LogP contribution in [-0.4, -0.2) is 23.5 Å². The molecule has 0 bridgehead atoms. The van der Waals surface area contributed by atoms with Gasteiger partial charge in [0, 0.05) is 6.54 Å². The standard InChI is InChI=1S/C16H27NO3/c1-11-5-4-6-12(9-11)10-17-15(18)13-7-2-3-8-14(13)16(19)20/h11-14H,2-10H2,1H3,(H,17,18)(H,19,20). The van der Waals surface area contributed by atoms with Crippen LogP contribution >= 0.6 is 0 Å². The molecule has 20 heavy (non-hydrogen) atoms. The minimum Gasteiger partial charge on any atom is -0.481 e. The Morgan fingerprint density at radius 3 is 2.40 bits per heavy atom. The van der Waals surface area contributed by atoms with Crippen LogP contribution in [0.5, 0.6) is 0 Å². The maximum absolute atomic E-state index is 12.3. The van der Waals surface area contributed by atoms with Gasteiger partial charge in [-0.05, 0) is 37.5 Å². The van der Waals surface area contributed by atoms with E-state index in [9.17, 15) is 14.7 Å². The van der Waals surface area contributed by atoms with Crippen molar-refractivity contribution in [3.63, 3.8) is 0 Å². The van der Waals surface area contributed by atoms with Gasteiger partial charge in [0.2, 0.25) is 5.91 Å². The third-order valence-electron chi connectivity index (χ3n) is 5.03. The van der Waals surface area contributed by atoms with Crippen molar-refractivity contribution in [3.8, 4) is 0 Å². The second kappa shape index (κ2) is 7.09. The van der Waals surface area contributed by atoms with E-state index >= 15 is 0 Å². The molecule has 4 nitrogen and oxygen atoms in total. The van der Waals surface area contributed by atoms with Crippen molar-refractivity contribution in [3.05, 3.63) is 0 Å². The monoisotopic (exact) mass is 281 g/mol. The van der Waals surface area contributed by atoms with Crippen LogP contribution in [0.2, 0.25) is 0 Å². The van der Waals surface area contributed by atoms with E-state index in [0.29, 0.717) is 12.3 Å². The normalized spacial score (nSPS) is 34.5. The quantitative estimate of drug-likeness (QED) is 0.832. The van der Waals surface area contributed by atoms with E-state index in [1.54, 1.807) is 0 Å². The highest BCUT2D eigenvalue weighted by Crippen LogP contribution is 2.31. The van der Waals surface area contributed by atoms with Gasteiger partial charge in [0.25, 0.3) is 0 Å². The van der Waals surface area contributed by atoms with Gasteiger partial charge in [0.05, 0.1) is 11.8 Å². The number of carboxylic acid groups (broad SMARTS) is 1. The fraction of sp³-hybridized carbons (Fsp3) is 0.875. The third kappa shape index (κ3) is 3.97. The van der Waals surface area contributed by atoms with E-state index in [1.165, 1.54) is 25.7 Å². The Morgan fingerprint density at radius 1 is 1.05 bits per heavy atom. The molecule has 114 valence electrons. The number of aliphatic carboxylic acids is 1. The van der Waals surface area contributed by atoms with E-state index < -0.39 is 11.9 Å². The highest BCUT2D eigenvalue weighted by Gasteiger charge is 2.35. The predicted molar refractivity (Wildman–Crippen MR) is 77.2 cm³/mol. The molecule has 0 spiro atoms. The molecule has 0 aromatic heterocycles. The van der Waals surface area contributed by atoms with Crippen molar-refractivity contribution >= 4 is 11.9 Å². The van der Waals surface area contributed by atoms with Crippen molar-refractivity contribution in [2.24, 2.45) is 23.7 Å². The first-order valence-corrected chi connectivity index (χ1v) is 8.08. The molecule has 1 amide bonds. The molecule has 0 radical (unpaired) electrons. The van der Waals surface area contributed by atoms with Gasteiger partial charge in [0.15, 0.2) is 0 Å². The maximum atomic E-state index is 12.3. The first-order valence-electron chi connectivity index (χ1n) is 8.08. The zero-order valence-electron chi connectivity index (χ0n) is 12.4. The van der Waals surface area contributed by atoms with Crippen molar-refractivity contribution < 1.29 is 14.7 Å². The predicted octanol–water partition coefficient (Wildman–Crippen LogP) is 2.82. The largest absolute Gasteiger partial charge is 0.481 e. The van der Waals surface area contributed by atoms with Crippen LogP contribution in [0.3, 0.4) is 0 Å². The number of hydrogen-bond acceptors (Lipinski definition) is 2. The van der Waals surface area contributed by atoms with Gasteiger partial charge in [-0.25, -0.2) is 0 Å². The summed E-state index contributed by atoms with van der Waals surface area (Å²) in [6, 6.07) is 0. The molecule has 0 aromatic rings. The van der Waals surface area contributed by atoms with Crippen LogP contribution in [-0.2, 0) is 9.59 Å². The topological polar surface area (TPSA) is 66.4 Å². The van der Waals surface area contributed by atoms with Crippen LogP contribution in [0.4, 0.5) is 0 Å². The fourth-order valence-corrected chi connectivity index (χ4v) is 3.86. The molecule has 2 rings (SSSR count). The second-order valence-corrected chi connectivity index (χ2v) is 6.72. The highest BCUT2D eigenvalue weighted by molar-refractivity contribution is 5.84. The third-order valence-corrected chi connectivity index (χ3v) is 5.03. The Morgan fingerprint density at radius 2 is 1.75 bits per heavy atom. The van der Waals surface area contributed by atoms with Crippen LogP contribution in [0.15, 0.2) is 0 Å². The van der Waals surface area contributed by atoms with Crippen LogP contribution < -0.4 is 5.32 Å². The van der Waals surface area contributed by atoms with Crippen molar-refractivity contribution in [2.75, 3.05) is 6.54 Å². The van der Waals surface area contributed by atoms with Crippen LogP contribution in [0, 0.1) is 23.7 Å². The SMILES string of the molecule is CC1CCCC(CNC(=O)C2CCCCC2C(=O)O)C1. The van der Waals surface area contributed by atoms with Gasteiger partial charge in [0.1, 0.15) is 0 Å². The summed E-state index contributed by atoms with van der Waals surface area (Å²) in [5.74, 6) is -0.301. The minimum absolute atomic E-state index is 0.0321. The average Bonchev–Trinajstić information content (AvgIpc) is 2.45. The lowest BCUT2D eigenvalue weighted by molar-refractivity contribution is -0.149. The molecule has 2 saturated carbocycles. The molecule has 4 atom stereocenters. The summed E-state index contributed by atoms with van der Waals surface area (Å²) in [5, 5.41) is 12.3. The number of carbonyl (C=O) groups excluding carboxylic acids is 1. The van der Waals surface area contributed by atoms with Gasteiger partial charge in [-0.2, -0.15) is 0 Å². The summed E-state index contributed by atoms with van der Waals surface area (Å²) in [6.07, 6.45) is 8.21. The van der Waals surface area contributed by atoms with Gasteiger partial charge in [-0.15, -0.1) is 0 Å².